The molecule has 2 amide bonds. The highest BCUT2D eigenvalue weighted by Crippen LogP contribution is 2.25. The minimum atomic E-state index is -4.08. The summed E-state index contributed by atoms with van der Waals surface area (Å²) in [5.41, 5.74) is -0.882. The van der Waals surface area contributed by atoms with Gasteiger partial charge in [0.25, 0.3) is 11.8 Å². The highest BCUT2D eigenvalue weighted by molar-refractivity contribution is 7.89. The quantitative estimate of drug-likeness (QED) is 0.745. The molecule has 0 radical (unpaired) electrons. The number of rotatable bonds is 5. The van der Waals surface area contributed by atoms with Crippen LogP contribution < -0.4 is 4.72 Å². The van der Waals surface area contributed by atoms with Crippen molar-refractivity contribution in [3.05, 3.63) is 42.5 Å². The number of benzene rings is 2. The number of hydrogen-bond donors (Lipinski definition) is 1. The van der Waals surface area contributed by atoms with Crippen molar-refractivity contribution in [1.82, 2.24) is 9.79 Å². The zero-order valence-electron chi connectivity index (χ0n) is 16.3. The zero-order chi connectivity index (χ0) is 21.4. The van der Waals surface area contributed by atoms with E-state index in [9.17, 15) is 22.8 Å². The number of carbonyl (C=O) groups is 3. The van der Waals surface area contributed by atoms with Gasteiger partial charge >= 0.3 is 5.97 Å². The van der Waals surface area contributed by atoms with Gasteiger partial charge in [-0.15, -0.1) is 5.06 Å². The summed E-state index contributed by atoms with van der Waals surface area (Å²) >= 11 is 0. The molecule has 1 heterocycles. The van der Waals surface area contributed by atoms with Crippen LogP contribution in [0.5, 0.6) is 0 Å². The fraction of sp³-hybridized carbons (Fsp3) is 0.350. The lowest BCUT2D eigenvalue weighted by Gasteiger charge is -2.30. The molecule has 3 rings (SSSR count). The molecule has 2 aromatic rings. The maximum absolute atomic E-state index is 12.9. The molecule has 29 heavy (non-hydrogen) atoms. The molecular weight excluding hydrogens is 396 g/mol. The monoisotopic (exact) mass is 418 g/mol. The van der Waals surface area contributed by atoms with Gasteiger partial charge < -0.3 is 4.84 Å². The third-order valence-corrected chi connectivity index (χ3v) is 6.01. The van der Waals surface area contributed by atoms with Crippen LogP contribution in [-0.2, 0) is 29.2 Å². The van der Waals surface area contributed by atoms with Crippen LogP contribution in [0.3, 0.4) is 0 Å². The molecule has 154 valence electrons. The first-order valence-corrected chi connectivity index (χ1v) is 10.6. The molecular formula is C20H22N2O6S. The van der Waals surface area contributed by atoms with Crippen molar-refractivity contribution in [3.63, 3.8) is 0 Å². The minimum absolute atomic E-state index is 0.00780. The molecule has 9 heteroatoms. The molecule has 0 unspecified atom stereocenters. The lowest BCUT2D eigenvalue weighted by atomic mass is 9.87. The molecule has 0 saturated carbocycles. The summed E-state index contributed by atoms with van der Waals surface area (Å²) in [6.45, 7) is 4.94. The van der Waals surface area contributed by atoms with Crippen LogP contribution in [0.4, 0.5) is 0 Å². The fourth-order valence-electron chi connectivity index (χ4n) is 2.94. The largest absolute Gasteiger partial charge is 0.351 e. The predicted molar refractivity (Wildman–Crippen MR) is 105 cm³/mol. The van der Waals surface area contributed by atoms with E-state index in [0.29, 0.717) is 5.06 Å². The first kappa shape index (κ1) is 20.9. The van der Waals surface area contributed by atoms with Crippen molar-refractivity contribution < 1.29 is 27.6 Å². The van der Waals surface area contributed by atoms with E-state index in [-0.39, 0.29) is 17.7 Å². The van der Waals surface area contributed by atoms with Gasteiger partial charge in [-0.05, 0) is 28.3 Å². The van der Waals surface area contributed by atoms with Gasteiger partial charge in [0.1, 0.15) is 6.04 Å². The van der Waals surface area contributed by atoms with Gasteiger partial charge in [-0.1, -0.05) is 51.1 Å². The summed E-state index contributed by atoms with van der Waals surface area (Å²) in [6.07, 6.45) is -0.0930. The van der Waals surface area contributed by atoms with Gasteiger partial charge in [0, 0.05) is 12.8 Å². The van der Waals surface area contributed by atoms with E-state index in [4.69, 9.17) is 4.84 Å². The maximum Gasteiger partial charge on any atom is 0.351 e. The van der Waals surface area contributed by atoms with Crippen LogP contribution in [-0.4, -0.2) is 37.3 Å². The van der Waals surface area contributed by atoms with Gasteiger partial charge in [0.05, 0.1) is 4.90 Å². The van der Waals surface area contributed by atoms with Crippen molar-refractivity contribution in [2.75, 3.05) is 0 Å². The van der Waals surface area contributed by atoms with Crippen LogP contribution in [0, 0.1) is 5.41 Å². The highest BCUT2D eigenvalue weighted by atomic mass is 32.2. The number of imide groups is 1. The van der Waals surface area contributed by atoms with E-state index in [0.717, 1.165) is 10.8 Å². The van der Waals surface area contributed by atoms with Crippen LogP contribution in [0.1, 0.15) is 33.6 Å². The molecule has 0 aromatic heterocycles. The number of fused-ring (bicyclic) bond motifs is 1. The minimum Gasteiger partial charge on any atom is -0.329 e. The number of nitrogens with one attached hydrogen (secondary N) is 1. The molecule has 1 atom stereocenters. The third-order valence-electron chi connectivity index (χ3n) is 4.59. The molecule has 8 nitrogen and oxygen atoms in total. The average molecular weight is 418 g/mol. The second kappa shape index (κ2) is 7.57. The summed E-state index contributed by atoms with van der Waals surface area (Å²) in [7, 11) is -4.08. The second-order valence-electron chi connectivity index (χ2n) is 7.92. The summed E-state index contributed by atoms with van der Waals surface area (Å²) in [4.78, 5) is 41.0. The van der Waals surface area contributed by atoms with Crippen LogP contribution in [0.2, 0.25) is 0 Å². The first-order valence-electron chi connectivity index (χ1n) is 9.08. The van der Waals surface area contributed by atoms with E-state index in [1.54, 1.807) is 39.0 Å². The number of hydroxylamine groups is 2. The van der Waals surface area contributed by atoms with Crippen molar-refractivity contribution in [2.45, 2.75) is 44.6 Å². The molecule has 1 aliphatic heterocycles. The van der Waals surface area contributed by atoms with E-state index in [1.807, 2.05) is 12.1 Å². The molecule has 2 aromatic carbocycles. The van der Waals surface area contributed by atoms with Gasteiger partial charge in [0.15, 0.2) is 0 Å². The molecule has 1 N–H and O–H groups in total. The summed E-state index contributed by atoms with van der Waals surface area (Å²) in [5, 5.41) is 2.02. The van der Waals surface area contributed by atoms with Crippen molar-refractivity contribution in [3.8, 4) is 0 Å². The predicted octanol–water partition coefficient (Wildman–Crippen LogP) is 2.14. The standard InChI is InChI=1S/C20H22N2O6S/c1-20(2,3)18(19(25)28-22-16(23)10-11-17(22)24)21-29(26,27)15-9-8-13-6-4-5-7-14(13)12-15/h4-9,12,18,21H,10-11H2,1-3H3/t18-/m1/s1. The summed E-state index contributed by atoms with van der Waals surface area (Å²) in [6, 6.07) is 10.6. The van der Waals surface area contributed by atoms with Crippen molar-refractivity contribution >= 4 is 38.6 Å². The Morgan fingerprint density at radius 2 is 1.62 bits per heavy atom. The van der Waals surface area contributed by atoms with Gasteiger partial charge in [-0.2, -0.15) is 4.72 Å². The molecule has 0 spiro atoms. The number of hydrogen-bond acceptors (Lipinski definition) is 6. The lowest BCUT2D eigenvalue weighted by Crippen LogP contribution is -2.51. The summed E-state index contributed by atoms with van der Waals surface area (Å²) < 4.78 is 28.2. The number of sulfonamides is 1. The van der Waals surface area contributed by atoms with E-state index in [1.165, 1.54) is 12.1 Å². The van der Waals surface area contributed by atoms with Gasteiger partial charge in [0.2, 0.25) is 10.0 Å². The number of nitrogens with zero attached hydrogens (tertiary/aromatic N) is 1. The fourth-order valence-corrected chi connectivity index (χ4v) is 4.36. The highest BCUT2D eigenvalue weighted by Gasteiger charge is 2.41. The Bertz CT molecular complexity index is 1070. The SMILES string of the molecule is CC(C)(C)[C@H](NS(=O)(=O)c1ccc2ccccc2c1)C(=O)ON1C(=O)CCC1=O. The van der Waals surface area contributed by atoms with Gasteiger partial charge in [-0.3, -0.25) is 9.59 Å². The van der Waals surface area contributed by atoms with Crippen LogP contribution in [0.25, 0.3) is 10.8 Å². The lowest BCUT2D eigenvalue weighted by molar-refractivity contribution is -0.200. The van der Waals surface area contributed by atoms with Crippen molar-refractivity contribution in [2.24, 2.45) is 5.41 Å². The Hall–Kier alpha value is -2.78. The Balaban J connectivity index is 1.87. The topological polar surface area (TPSA) is 110 Å². The Morgan fingerprint density at radius 1 is 1.03 bits per heavy atom. The Morgan fingerprint density at radius 3 is 2.21 bits per heavy atom. The zero-order valence-corrected chi connectivity index (χ0v) is 17.2. The van der Waals surface area contributed by atoms with Crippen LogP contribution >= 0.6 is 0 Å². The molecule has 1 saturated heterocycles. The first-order chi connectivity index (χ1) is 13.5. The molecule has 1 fully saturated rings. The smallest absolute Gasteiger partial charge is 0.329 e. The van der Waals surface area contributed by atoms with E-state index < -0.39 is 39.3 Å². The van der Waals surface area contributed by atoms with Gasteiger partial charge in [-0.25, -0.2) is 13.2 Å². The Labute approximate surface area is 168 Å². The maximum atomic E-state index is 12.9. The van der Waals surface area contributed by atoms with E-state index >= 15 is 0 Å². The second-order valence-corrected chi connectivity index (χ2v) is 9.64. The molecule has 0 aliphatic carbocycles. The average Bonchev–Trinajstić information content (AvgIpc) is 2.96. The summed E-state index contributed by atoms with van der Waals surface area (Å²) in [5.74, 6) is -2.28. The van der Waals surface area contributed by atoms with E-state index in [2.05, 4.69) is 4.72 Å². The molecule has 0 bridgehead atoms. The Kier molecular flexibility index (Phi) is 5.46. The number of carbonyl (C=O) groups excluding carboxylic acids is 3. The number of amides is 2. The van der Waals surface area contributed by atoms with Crippen molar-refractivity contribution in [1.29, 1.82) is 0 Å². The molecule has 1 aliphatic rings. The normalized spacial score (nSPS) is 16.3. The van der Waals surface area contributed by atoms with Crippen LogP contribution in [0.15, 0.2) is 47.4 Å². The third kappa shape index (κ3) is 4.46.